The first-order chi connectivity index (χ1) is 10.6. The van der Waals surface area contributed by atoms with Gasteiger partial charge in [-0.15, -0.1) is 0 Å². The number of phenolic OH excluding ortho intramolecular Hbond substituents is 1. The number of phenols is 1. The number of nitrogens with zero attached hydrogens (tertiary/aromatic N) is 1. The molecule has 3 aromatic carbocycles. The van der Waals surface area contributed by atoms with Gasteiger partial charge in [0.15, 0.2) is 0 Å². The number of benzene rings is 3. The van der Waals surface area contributed by atoms with Crippen LogP contribution in [0, 0.1) is 0 Å². The van der Waals surface area contributed by atoms with E-state index in [1.807, 2.05) is 12.1 Å². The van der Waals surface area contributed by atoms with Crippen molar-refractivity contribution in [3.63, 3.8) is 0 Å². The summed E-state index contributed by atoms with van der Waals surface area (Å²) in [5, 5.41) is 12.0. The molecule has 0 saturated heterocycles. The van der Waals surface area contributed by atoms with Crippen LogP contribution in [-0.2, 0) is 6.54 Å². The van der Waals surface area contributed by atoms with Gasteiger partial charge in [-0.25, -0.2) is 0 Å². The maximum atomic E-state index is 9.38. The highest BCUT2D eigenvalue weighted by Crippen LogP contribution is 2.28. The fourth-order valence-corrected chi connectivity index (χ4v) is 2.88. The molecule has 0 bridgehead atoms. The molecule has 0 heterocycles. The smallest absolute Gasteiger partial charge is 0.115 e. The van der Waals surface area contributed by atoms with E-state index in [4.69, 9.17) is 0 Å². The molecule has 0 amide bonds. The Bertz CT molecular complexity index is 759. The Morgan fingerprint density at radius 1 is 0.909 bits per heavy atom. The van der Waals surface area contributed by atoms with Crippen LogP contribution in [-0.4, -0.2) is 17.1 Å². The van der Waals surface area contributed by atoms with Crippen molar-refractivity contribution in [3.05, 3.63) is 77.9 Å². The Morgan fingerprint density at radius 2 is 1.59 bits per heavy atom. The molecule has 3 rings (SSSR count). The van der Waals surface area contributed by atoms with Crippen LogP contribution >= 0.6 is 0 Å². The van der Waals surface area contributed by atoms with Gasteiger partial charge in [0.25, 0.3) is 0 Å². The lowest BCUT2D eigenvalue weighted by atomic mass is 9.98. The van der Waals surface area contributed by atoms with Crippen LogP contribution in [0.5, 0.6) is 5.75 Å². The highest BCUT2D eigenvalue weighted by Gasteiger charge is 2.14. The fraction of sp³-hybridized carbons (Fsp3) is 0.200. The zero-order chi connectivity index (χ0) is 15.5. The van der Waals surface area contributed by atoms with Gasteiger partial charge < -0.3 is 5.11 Å². The number of rotatable bonds is 4. The highest BCUT2D eigenvalue weighted by atomic mass is 16.3. The first-order valence-corrected chi connectivity index (χ1v) is 7.61. The summed E-state index contributed by atoms with van der Waals surface area (Å²) >= 11 is 0. The molecule has 0 aliphatic carbocycles. The maximum absolute atomic E-state index is 9.38. The Kier molecular flexibility index (Phi) is 4.12. The predicted octanol–water partition coefficient (Wildman–Crippen LogP) is 4.74. The molecule has 22 heavy (non-hydrogen) atoms. The fourth-order valence-electron chi connectivity index (χ4n) is 2.88. The van der Waals surface area contributed by atoms with E-state index in [0.29, 0.717) is 11.8 Å². The third-order valence-corrected chi connectivity index (χ3v) is 4.30. The van der Waals surface area contributed by atoms with Crippen molar-refractivity contribution in [2.24, 2.45) is 0 Å². The van der Waals surface area contributed by atoms with E-state index in [1.54, 1.807) is 12.1 Å². The summed E-state index contributed by atoms with van der Waals surface area (Å²) in [5.74, 6) is 0.313. The number of hydrogen-bond acceptors (Lipinski definition) is 2. The van der Waals surface area contributed by atoms with E-state index in [2.05, 4.69) is 61.3 Å². The molecule has 3 aromatic rings. The molecule has 0 aromatic heterocycles. The van der Waals surface area contributed by atoms with Gasteiger partial charge in [0.05, 0.1) is 0 Å². The van der Waals surface area contributed by atoms with Gasteiger partial charge in [0.2, 0.25) is 0 Å². The average Bonchev–Trinajstić information content (AvgIpc) is 2.55. The third-order valence-electron chi connectivity index (χ3n) is 4.30. The largest absolute Gasteiger partial charge is 0.508 e. The summed E-state index contributed by atoms with van der Waals surface area (Å²) in [6.45, 7) is 3.09. The van der Waals surface area contributed by atoms with Gasteiger partial charge in [-0.3, -0.25) is 4.90 Å². The van der Waals surface area contributed by atoms with Gasteiger partial charge in [-0.1, -0.05) is 54.6 Å². The SMILES string of the molecule is C[C@H](c1cccc2ccccc12)N(C)Cc1ccc(O)cc1. The van der Waals surface area contributed by atoms with Crippen molar-refractivity contribution in [1.82, 2.24) is 4.90 Å². The van der Waals surface area contributed by atoms with Crippen molar-refractivity contribution in [2.45, 2.75) is 19.5 Å². The minimum atomic E-state index is 0.313. The van der Waals surface area contributed by atoms with E-state index < -0.39 is 0 Å². The van der Waals surface area contributed by atoms with E-state index in [0.717, 1.165) is 6.54 Å². The molecule has 1 atom stereocenters. The second-order valence-corrected chi connectivity index (χ2v) is 5.83. The minimum Gasteiger partial charge on any atom is -0.508 e. The van der Waals surface area contributed by atoms with Crippen LogP contribution in [0.3, 0.4) is 0 Å². The highest BCUT2D eigenvalue weighted by molar-refractivity contribution is 5.86. The molecule has 112 valence electrons. The Hall–Kier alpha value is -2.32. The van der Waals surface area contributed by atoms with Crippen molar-refractivity contribution in [2.75, 3.05) is 7.05 Å². The Labute approximate surface area is 131 Å². The molecular formula is C20H21NO. The first-order valence-electron chi connectivity index (χ1n) is 7.61. The van der Waals surface area contributed by atoms with Crippen LogP contribution in [0.15, 0.2) is 66.7 Å². The molecule has 0 spiro atoms. The topological polar surface area (TPSA) is 23.5 Å². The second kappa shape index (κ2) is 6.20. The van der Waals surface area contributed by atoms with E-state index in [1.165, 1.54) is 21.9 Å². The summed E-state index contributed by atoms with van der Waals surface area (Å²) in [4.78, 5) is 2.33. The molecule has 2 nitrogen and oxygen atoms in total. The molecule has 1 N–H and O–H groups in total. The zero-order valence-corrected chi connectivity index (χ0v) is 13.0. The Balaban J connectivity index is 1.85. The lowest BCUT2D eigenvalue weighted by Crippen LogP contribution is -2.22. The number of fused-ring (bicyclic) bond motifs is 1. The second-order valence-electron chi connectivity index (χ2n) is 5.83. The average molecular weight is 291 g/mol. The summed E-state index contributed by atoms with van der Waals surface area (Å²) in [7, 11) is 2.14. The summed E-state index contributed by atoms with van der Waals surface area (Å²) < 4.78 is 0. The van der Waals surface area contributed by atoms with E-state index >= 15 is 0 Å². The molecule has 0 aliphatic rings. The zero-order valence-electron chi connectivity index (χ0n) is 13.0. The number of aromatic hydroxyl groups is 1. The Morgan fingerprint density at radius 3 is 2.36 bits per heavy atom. The third kappa shape index (κ3) is 2.97. The standard InChI is InChI=1S/C20H21NO/c1-15(21(2)14-16-10-12-18(22)13-11-16)19-9-5-7-17-6-3-4-8-20(17)19/h3-13,15,22H,14H2,1-2H3/t15-/m1/s1. The van der Waals surface area contributed by atoms with Gasteiger partial charge in [-0.05, 0) is 48.0 Å². The van der Waals surface area contributed by atoms with Gasteiger partial charge in [-0.2, -0.15) is 0 Å². The van der Waals surface area contributed by atoms with Crippen LogP contribution in [0.25, 0.3) is 10.8 Å². The molecule has 2 heteroatoms. The molecule has 0 unspecified atom stereocenters. The van der Waals surface area contributed by atoms with Crippen molar-refractivity contribution >= 4 is 10.8 Å². The van der Waals surface area contributed by atoms with Gasteiger partial charge in [0.1, 0.15) is 5.75 Å². The summed E-state index contributed by atoms with van der Waals surface area (Å²) in [6.07, 6.45) is 0. The predicted molar refractivity (Wildman–Crippen MR) is 91.9 cm³/mol. The molecule has 0 saturated carbocycles. The van der Waals surface area contributed by atoms with Crippen molar-refractivity contribution < 1.29 is 5.11 Å². The monoisotopic (exact) mass is 291 g/mol. The van der Waals surface area contributed by atoms with Crippen LogP contribution in [0.4, 0.5) is 0 Å². The normalized spacial score (nSPS) is 12.7. The lowest BCUT2D eigenvalue weighted by Gasteiger charge is -2.26. The first kappa shape index (κ1) is 14.6. The van der Waals surface area contributed by atoms with Crippen molar-refractivity contribution in [3.8, 4) is 5.75 Å². The summed E-state index contributed by atoms with van der Waals surface area (Å²) in [5.41, 5.74) is 2.55. The molecule has 0 aliphatic heterocycles. The molecule has 0 fully saturated rings. The summed E-state index contributed by atoms with van der Waals surface area (Å²) in [6, 6.07) is 22.8. The van der Waals surface area contributed by atoms with Gasteiger partial charge >= 0.3 is 0 Å². The van der Waals surface area contributed by atoms with E-state index in [-0.39, 0.29) is 0 Å². The minimum absolute atomic E-state index is 0.313. The number of hydrogen-bond donors (Lipinski definition) is 1. The lowest BCUT2D eigenvalue weighted by molar-refractivity contribution is 0.254. The quantitative estimate of drug-likeness (QED) is 0.750. The molecule has 0 radical (unpaired) electrons. The maximum Gasteiger partial charge on any atom is 0.115 e. The van der Waals surface area contributed by atoms with Crippen LogP contribution < -0.4 is 0 Å². The van der Waals surface area contributed by atoms with Crippen LogP contribution in [0.2, 0.25) is 0 Å². The van der Waals surface area contributed by atoms with Gasteiger partial charge in [0, 0.05) is 12.6 Å². The molecular weight excluding hydrogens is 270 g/mol. The van der Waals surface area contributed by atoms with Crippen molar-refractivity contribution in [1.29, 1.82) is 0 Å². The van der Waals surface area contributed by atoms with Crippen LogP contribution in [0.1, 0.15) is 24.1 Å². The van der Waals surface area contributed by atoms with E-state index in [9.17, 15) is 5.11 Å².